The van der Waals surface area contributed by atoms with Gasteiger partial charge in [-0.2, -0.15) is 0 Å². The molecule has 0 saturated heterocycles. The highest BCUT2D eigenvalue weighted by Crippen LogP contribution is 2.24. The predicted octanol–water partition coefficient (Wildman–Crippen LogP) is 3.30. The summed E-state index contributed by atoms with van der Waals surface area (Å²) in [5.41, 5.74) is 1.36. The van der Waals surface area contributed by atoms with Crippen LogP contribution in [-0.2, 0) is 4.79 Å². The average molecular weight is 360 g/mol. The third kappa shape index (κ3) is 4.34. The van der Waals surface area contributed by atoms with Gasteiger partial charge in [-0.3, -0.25) is 10.0 Å². The lowest BCUT2D eigenvalue weighted by molar-refractivity contribution is -0.161. The number of carbonyl (C=O) groups is 1. The number of rotatable bonds is 5. The fourth-order valence-corrected chi connectivity index (χ4v) is 2.15. The Morgan fingerprint density at radius 2 is 1.88 bits per heavy atom. The normalized spacial score (nSPS) is 10.5. The van der Waals surface area contributed by atoms with Gasteiger partial charge in [-0.25, -0.2) is 15.0 Å². The van der Waals surface area contributed by atoms with E-state index in [1.54, 1.807) is 42.5 Å². The lowest BCUT2D eigenvalue weighted by Gasteiger charge is -2.10. The van der Waals surface area contributed by atoms with Gasteiger partial charge in [-0.1, -0.05) is 11.6 Å². The Kier molecular flexibility index (Phi) is 4.97. The average Bonchev–Trinajstić information content (AvgIpc) is 2.61. The van der Waals surface area contributed by atoms with Crippen LogP contribution in [0.3, 0.4) is 0 Å². The number of halogens is 1. The molecular formula is C17H14ClN3O4. The molecule has 1 aromatic heterocycles. The molecule has 1 heterocycles. The molecule has 0 saturated carbocycles. The molecule has 1 amide bonds. The van der Waals surface area contributed by atoms with Crippen molar-refractivity contribution < 1.29 is 19.5 Å². The maximum Gasteiger partial charge on any atom is 0.283 e. The van der Waals surface area contributed by atoms with Gasteiger partial charge in [0, 0.05) is 12.1 Å². The van der Waals surface area contributed by atoms with E-state index in [4.69, 9.17) is 26.3 Å². The molecule has 128 valence electrons. The number of carbonyl (C=O) groups excluding carboxylic acids is 1. The first-order chi connectivity index (χ1) is 12.0. The zero-order chi connectivity index (χ0) is 17.8. The minimum absolute atomic E-state index is 0.258. The van der Waals surface area contributed by atoms with Crippen LogP contribution in [0.25, 0.3) is 11.0 Å². The number of fused-ring (bicyclic) bond motifs is 1. The van der Waals surface area contributed by atoms with Crippen LogP contribution in [0.4, 0.5) is 0 Å². The third-order valence-corrected chi connectivity index (χ3v) is 3.49. The van der Waals surface area contributed by atoms with Crippen molar-refractivity contribution in [2.24, 2.45) is 0 Å². The van der Waals surface area contributed by atoms with E-state index in [1.807, 2.05) is 0 Å². The van der Waals surface area contributed by atoms with Gasteiger partial charge < -0.3 is 9.47 Å². The number of ether oxygens (including phenoxy) is 2. The number of hydroxylamine groups is 2. The maximum atomic E-state index is 11.3. The van der Waals surface area contributed by atoms with Crippen LogP contribution in [-0.4, -0.2) is 39.8 Å². The van der Waals surface area contributed by atoms with Gasteiger partial charge in [0.15, 0.2) is 6.61 Å². The van der Waals surface area contributed by atoms with Gasteiger partial charge in [0.05, 0.1) is 17.2 Å². The molecule has 0 atom stereocenters. The molecule has 0 aliphatic heterocycles. The standard InChI is InChI=1S/C17H14ClN3O4/c1-21(23)17(22)10-24-12-3-5-13(6-4-12)25-16-9-19-15-8-11(18)2-7-14(15)20-16/h2-9,23H,10H2,1H3. The highest BCUT2D eigenvalue weighted by molar-refractivity contribution is 6.31. The highest BCUT2D eigenvalue weighted by Gasteiger charge is 2.07. The van der Waals surface area contributed by atoms with E-state index in [9.17, 15) is 4.79 Å². The number of benzene rings is 2. The SMILES string of the molecule is CN(O)C(=O)COc1ccc(Oc2cnc3cc(Cl)ccc3n2)cc1. The molecule has 1 N–H and O–H groups in total. The molecule has 3 rings (SSSR count). The van der Waals surface area contributed by atoms with Crippen molar-refractivity contribution in [1.82, 2.24) is 15.0 Å². The van der Waals surface area contributed by atoms with Crippen LogP contribution < -0.4 is 9.47 Å². The number of amides is 1. The summed E-state index contributed by atoms with van der Waals surface area (Å²) >= 11 is 5.92. The highest BCUT2D eigenvalue weighted by atomic mass is 35.5. The molecular weight excluding hydrogens is 346 g/mol. The minimum atomic E-state index is -0.549. The molecule has 3 aromatic rings. The Morgan fingerprint density at radius 3 is 2.60 bits per heavy atom. The molecule has 0 spiro atoms. The summed E-state index contributed by atoms with van der Waals surface area (Å²) in [6.07, 6.45) is 1.51. The molecule has 0 bridgehead atoms. The first kappa shape index (κ1) is 16.9. The van der Waals surface area contributed by atoms with E-state index in [2.05, 4.69) is 9.97 Å². The van der Waals surface area contributed by atoms with Gasteiger partial charge in [0.2, 0.25) is 5.88 Å². The third-order valence-electron chi connectivity index (χ3n) is 3.25. The lowest BCUT2D eigenvalue weighted by Crippen LogP contribution is -2.28. The second kappa shape index (κ2) is 7.33. The molecule has 0 radical (unpaired) electrons. The van der Waals surface area contributed by atoms with Crippen molar-refractivity contribution in [3.63, 3.8) is 0 Å². The van der Waals surface area contributed by atoms with E-state index in [1.165, 1.54) is 13.2 Å². The van der Waals surface area contributed by atoms with Crippen molar-refractivity contribution in [2.45, 2.75) is 0 Å². The first-order valence-electron chi connectivity index (χ1n) is 7.30. The number of nitrogens with zero attached hydrogens (tertiary/aromatic N) is 3. The van der Waals surface area contributed by atoms with Crippen LogP contribution in [0.5, 0.6) is 17.4 Å². The minimum Gasteiger partial charge on any atom is -0.484 e. The second-order valence-corrected chi connectivity index (χ2v) is 5.56. The van der Waals surface area contributed by atoms with Crippen LogP contribution in [0, 0.1) is 0 Å². The van der Waals surface area contributed by atoms with Gasteiger partial charge in [-0.15, -0.1) is 0 Å². The van der Waals surface area contributed by atoms with E-state index >= 15 is 0 Å². The lowest BCUT2D eigenvalue weighted by atomic mass is 10.3. The fraction of sp³-hybridized carbons (Fsp3) is 0.118. The van der Waals surface area contributed by atoms with Gasteiger partial charge in [-0.05, 0) is 42.5 Å². The van der Waals surface area contributed by atoms with Gasteiger partial charge in [0.25, 0.3) is 5.91 Å². The summed E-state index contributed by atoms with van der Waals surface area (Å²) in [5, 5.41) is 10.0. The molecule has 0 fully saturated rings. The monoisotopic (exact) mass is 359 g/mol. The molecule has 25 heavy (non-hydrogen) atoms. The summed E-state index contributed by atoms with van der Waals surface area (Å²) in [6, 6.07) is 11.9. The van der Waals surface area contributed by atoms with Crippen LogP contribution >= 0.6 is 11.6 Å². The van der Waals surface area contributed by atoms with Crippen molar-refractivity contribution in [3.8, 4) is 17.4 Å². The van der Waals surface area contributed by atoms with Gasteiger partial charge in [0.1, 0.15) is 11.5 Å². The Balaban J connectivity index is 1.67. The Hall–Kier alpha value is -2.90. The number of aromatic nitrogens is 2. The molecule has 8 heteroatoms. The van der Waals surface area contributed by atoms with Crippen LogP contribution in [0.15, 0.2) is 48.7 Å². The second-order valence-electron chi connectivity index (χ2n) is 5.12. The van der Waals surface area contributed by atoms with Gasteiger partial charge >= 0.3 is 0 Å². The molecule has 0 aliphatic carbocycles. The van der Waals surface area contributed by atoms with Crippen molar-refractivity contribution in [2.75, 3.05) is 13.7 Å². The Bertz CT molecular complexity index is 900. The molecule has 7 nitrogen and oxygen atoms in total. The van der Waals surface area contributed by atoms with Crippen LogP contribution in [0.1, 0.15) is 0 Å². The zero-order valence-electron chi connectivity index (χ0n) is 13.2. The molecule has 2 aromatic carbocycles. The summed E-state index contributed by atoms with van der Waals surface area (Å²) in [4.78, 5) is 19.9. The van der Waals surface area contributed by atoms with E-state index in [0.717, 1.165) is 0 Å². The summed E-state index contributed by atoms with van der Waals surface area (Å²) in [7, 11) is 1.24. The summed E-state index contributed by atoms with van der Waals surface area (Å²) in [5.74, 6) is 0.815. The van der Waals surface area contributed by atoms with E-state index < -0.39 is 5.91 Å². The van der Waals surface area contributed by atoms with Crippen molar-refractivity contribution >= 4 is 28.5 Å². The predicted molar refractivity (Wildman–Crippen MR) is 91.1 cm³/mol. The van der Waals surface area contributed by atoms with E-state index in [0.29, 0.717) is 38.5 Å². The van der Waals surface area contributed by atoms with Crippen molar-refractivity contribution in [3.05, 3.63) is 53.7 Å². The number of hydrogen-bond acceptors (Lipinski definition) is 6. The topological polar surface area (TPSA) is 84.8 Å². The van der Waals surface area contributed by atoms with Crippen molar-refractivity contribution in [1.29, 1.82) is 0 Å². The number of hydrogen-bond donors (Lipinski definition) is 1. The quantitative estimate of drug-likeness (QED) is 0.555. The summed E-state index contributed by atoms with van der Waals surface area (Å²) < 4.78 is 10.9. The number of likely N-dealkylation sites (N-methyl/N-ethyl adjacent to an activating group) is 1. The zero-order valence-corrected chi connectivity index (χ0v) is 14.0. The Morgan fingerprint density at radius 1 is 1.16 bits per heavy atom. The first-order valence-corrected chi connectivity index (χ1v) is 7.67. The molecule has 0 aliphatic rings. The van der Waals surface area contributed by atoms with Crippen LogP contribution in [0.2, 0.25) is 5.02 Å². The maximum absolute atomic E-state index is 11.3. The Labute approximate surface area is 148 Å². The fourth-order valence-electron chi connectivity index (χ4n) is 1.98. The molecule has 0 unspecified atom stereocenters. The summed E-state index contributed by atoms with van der Waals surface area (Å²) in [6.45, 7) is -0.258. The van der Waals surface area contributed by atoms with E-state index in [-0.39, 0.29) is 6.61 Å². The smallest absolute Gasteiger partial charge is 0.283 e. The largest absolute Gasteiger partial charge is 0.484 e.